The molecule has 2 aliphatic rings. The van der Waals surface area contributed by atoms with Crippen LogP contribution in [-0.2, 0) is 9.59 Å². The van der Waals surface area contributed by atoms with Gasteiger partial charge in [0, 0.05) is 50.9 Å². The van der Waals surface area contributed by atoms with Gasteiger partial charge < -0.3 is 25.0 Å². The molecule has 0 saturated carbocycles. The van der Waals surface area contributed by atoms with E-state index in [0.717, 1.165) is 31.9 Å². The molecule has 1 aromatic rings. The average Bonchev–Trinajstić information content (AvgIpc) is 2.88. The highest BCUT2D eigenvalue weighted by atomic mass is 19.4. The zero-order valence-corrected chi connectivity index (χ0v) is 21.4. The molecule has 1 unspecified atom stereocenters. The van der Waals surface area contributed by atoms with Gasteiger partial charge in [-0.2, -0.15) is 13.2 Å². The van der Waals surface area contributed by atoms with Gasteiger partial charge in [0.1, 0.15) is 12.3 Å². The van der Waals surface area contributed by atoms with Crippen molar-refractivity contribution in [2.45, 2.75) is 45.3 Å². The van der Waals surface area contributed by atoms with Gasteiger partial charge in [-0.3, -0.25) is 14.5 Å². The second kappa shape index (κ2) is 14.8. The Morgan fingerprint density at radius 1 is 1.11 bits per heavy atom. The Labute approximate surface area is 215 Å². The van der Waals surface area contributed by atoms with Crippen LogP contribution in [0.4, 0.5) is 13.2 Å². The molecule has 2 saturated heterocycles. The topological polar surface area (TPSA) is 102 Å². The van der Waals surface area contributed by atoms with Crippen LogP contribution < -0.4 is 10.1 Å². The molecule has 37 heavy (non-hydrogen) atoms. The number of carboxylic acid groups (broad SMARTS) is 1. The summed E-state index contributed by atoms with van der Waals surface area (Å²) in [4.78, 5) is 41.1. The van der Waals surface area contributed by atoms with Crippen LogP contribution in [0, 0.1) is 0 Å². The number of piperidine rings is 1. The predicted molar refractivity (Wildman–Crippen MR) is 132 cm³/mol. The van der Waals surface area contributed by atoms with E-state index < -0.39 is 12.1 Å². The lowest BCUT2D eigenvalue weighted by Gasteiger charge is -2.35. The van der Waals surface area contributed by atoms with Crippen molar-refractivity contribution in [3.8, 4) is 5.75 Å². The van der Waals surface area contributed by atoms with E-state index in [4.69, 9.17) is 14.6 Å². The zero-order valence-electron chi connectivity index (χ0n) is 21.4. The lowest BCUT2D eigenvalue weighted by molar-refractivity contribution is -0.192. The van der Waals surface area contributed by atoms with Crippen molar-refractivity contribution in [3.63, 3.8) is 0 Å². The largest absolute Gasteiger partial charge is 0.494 e. The Balaban J connectivity index is 0.000000604. The van der Waals surface area contributed by atoms with E-state index >= 15 is 0 Å². The van der Waals surface area contributed by atoms with Gasteiger partial charge in [-0.1, -0.05) is 6.42 Å². The Hall–Kier alpha value is -2.86. The first-order valence-corrected chi connectivity index (χ1v) is 12.6. The Morgan fingerprint density at radius 2 is 1.73 bits per heavy atom. The summed E-state index contributed by atoms with van der Waals surface area (Å²) in [5.74, 6) is -2.07. The van der Waals surface area contributed by atoms with Gasteiger partial charge in [-0.05, 0) is 57.5 Å². The molecular formula is C25H37F3N4O5. The Kier molecular flexibility index (Phi) is 12.1. The molecule has 1 atom stereocenters. The molecule has 9 nitrogen and oxygen atoms in total. The van der Waals surface area contributed by atoms with Gasteiger partial charge in [0.25, 0.3) is 5.91 Å². The monoisotopic (exact) mass is 530 g/mol. The number of rotatable bonds is 8. The van der Waals surface area contributed by atoms with Crippen molar-refractivity contribution in [2.75, 3.05) is 59.0 Å². The van der Waals surface area contributed by atoms with E-state index in [9.17, 15) is 22.8 Å². The van der Waals surface area contributed by atoms with Gasteiger partial charge in [0.15, 0.2) is 0 Å². The SMILES string of the molecule is CCOc1ccc(C(=O)N(CCN2CCCCC2C)CC(=O)N2CCNCC2)cc1.O=C(O)C(F)(F)F. The van der Waals surface area contributed by atoms with Gasteiger partial charge in [0.05, 0.1) is 6.61 Å². The summed E-state index contributed by atoms with van der Waals surface area (Å²) in [6.07, 6.45) is -1.41. The molecule has 2 N–H and O–H groups in total. The molecule has 0 aromatic heterocycles. The van der Waals surface area contributed by atoms with Crippen molar-refractivity contribution < 1.29 is 37.4 Å². The minimum Gasteiger partial charge on any atom is -0.494 e. The van der Waals surface area contributed by atoms with E-state index in [-0.39, 0.29) is 18.4 Å². The number of hydrogen-bond acceptors (Lipinski definition) is 6. The normalized spacial score (nSPS) is 18.4. The fourth-order valence-electron chi connectivity index (χ4n) is 4.21. The number of amides is 2. The molecule has 2 amide bonds. The van der Waals surface area contributed by atoms with Crippen LogP contribution in [0.3, 0.4) is 0 Å². The molecule has 0 bridgehead atoms. The molecule has 12 heteroatoms. The predicted octanol–water partition coefficient (Wildman–Crippen LogP) is 2.47. The van der Waals surface area contributed by atoms with Crippen LogP contribution in [0.2, 0.25) is 0 Å². The highest BCUT2D eigenvalue weighted by Crippen LogP contribution is 2.18. The number of aliphatic carboxylic acids is 1. The maximum Gasteiger partial charge on any atom is 0.490 e. The summed E-state index contributed by atoms with van der Waals surface area (Å²) in [7, 11) is 0. The standard InChI is InChI=1S/C23H36N4O3.C2HF3O2/c1-3-30-21-9-7-20(8-10-21)23(29)27(17-16-25-13-5-4-6-19(25)2)18-22(28)26-14-11-24-12-15-26;3-2(4,5)1(6)7/h7-10,19,24H,3-6,11-18H2,1-2H3;(H,6,7). The minimum absolute atomic E-state index is 0.0301. The number of carbonyl (C=O) groups excluding carboxylic acids is 2. The van der Waals surface area contributed by atoms with Crippen molar-refractivity contribution >= 4 is 17.8 Å². The van der Waals surface area contributed by atoms with Crippen LogP contribution in [-0.4, -0.2) is 109 Å². The van der Waals surface area contributed by atoms with Gasteiger partial charge in [-0.25, -0.2) is 4.79 Å². The highest BCUT2D eigenvalue weighted by Gasteiger charge is 2.38. The fraction of sp³-hybridized carbons (Fsp3) is 0.640. The number of piperazine rings is 1. The number of nitrogens with zero attached hydrogens (tertiary/aromatic N) is 3. The molecule has 0 radical (unpaired) electrons. The summed E-state index contributed by atoms with van der Waals surface area (Å²) < 4.78 is 37.2. The third-order valence-electron chi connectivity index (χ3n) is 6.34. The fourth-order valence-corrected chi connectivity index (χ4v) is 4.21. The van der Waals surface area contributed by atoms with Crippen LogP contribution in [0.5, 0.6) is 5.75 Å². The molecule has 0 aliphatic carbocycles. The van der Waals surface area contributed by atoms with Crippen molar-refractivity contribution in [2.24, 2.45) is 0 Å². The number of halogens is 3. The van der Waals surface area contributed by atoms with Crippen LogP contribution in [0.1, 0.15) is 43.5 Å². The molecule has 2 heterocycles. The van der Waals surface area contributed by atoms with Crippen molar-refractivity contribution in [1.82, 2.24) is 20.0 Å². The molecule has 2 aliphatic heterocycles. The number of benzene rings is 1. The number of nitrogens with one attached hydrogen (secondary N) is 1. The van der Waals surface area contributed by atoms with Crippen LogP contribution in [0.25, 0.3) is 0 Å². The molecule has 2 fully saturated rings. The van der Waals surface area contributed by atoms with Crippen molar-refractivity contribution in [1.29, 1.82) is 0 Å². The first-order valence-electron chi connectivity index (χ1n) is 12.6. The smallest absolute Gasteiger partial charge is 0.490 e. The summed E-state index contributed by atoms with van der Waals surface area (Å²) >= 11 is 0. The van der Waals surface area contributed by atoms with Crippen LogP contribution >= 0.6 is 0 Å². The summed E-state index contributed by atoms with van der Waals surface area (Å²) in [5.41, 5.74) is 0.596. The number of alkyl halides is 3. The lowest BCUT2D eigenvalue weighted by atomic mass is 10.0. The van der Waals surface area contributed by atoms with E-state index in [1.54, 1.807) is 17.0 Å². The van der Waals surface area contributed by atoms with Gasteiger partial charge in [0.2, 0.25) is 5.91 Å². The Morgan fingerprint density at radius 3 is 2.27 bits per heavy atom. The first-order chi connectivity index (χ1) is 17.5. The summed E-state index contributed by atoms with van der Waals surface area (Å²) in [6, 6.07) is 7.75. The molecule has 3 rings (SSSR count). The van der Waals surface area contributed by atoms with Gasteiger partial charge in [-0.15, -0.1) is 0 Å². The molecule has 0 spiro atoms. The van der Waals surface area contributed by atoms with E-state index in [1.165, 1.54) is 19.3 Å². The van der Waals surface area contributed by atoms with Gasteiger partial charge >= 0.3 is 12.1 Å². The van der Waals surface area contributed by atoms with Crippen LogP contribution in [0.15, 0.2) is 24.3 Å². The quantitative estimate of drug-likeness (QED) is 0.533. The van der Waals surface area contributed by atoms with E-state index in [2.05, 4.69) is 17.1 Å². The maximum absolute atomic E-state index is 13.3. The van der Waals surface area contributed by atoms with E-state index in [0.29, 0.717) is 37.8 Å². The van der Waals surface area contributed by atoms with Crippen molar-refractivity contribution in [3.05, 3.63) is 29.8 Å². The van der Waals surface area contributed by atoms with E-state index in [1.807, 2.05) is 24.0 Å². The highest BCUT2D eigenvalue weighted by molar-refractivity contribution is 5.96. The summed E-state index contributed by atoms with van der Waals surface area (Å²) in [6.45, 7) is 10.4. The lowest BCUT2D eigenvalue weighted by Crippen LogP contribution is -2.51. The second-order valence-electron chi connectivity index (χ2n) is 9.00. The number of carbonyl (C=O) groups is 3. The molecular weight excluding hydrogens is 493 g/mol. The third-order valence-corrected chi connectivity index (χ3v) is 6.34. The summed E-state index contributed by atoms with van der Waals surface area (Å²) in [5, 5.41) is 10.4. The number of likely N-dealkylation sites (tertiary alicyclic amines) is 1. The second-order valence-corrected chi connectivity index (χ2v) is 9.00. The number of carboxylic acids is 1. The molecule has 1 aromatic carbocycles. The maximum atomic E-state index is 13.3. The third kappa shape index (κ3) is 10.2. The average molecular weight is 531 g/mol. The first kappa shape index (κ1) is 30.4. The zero-order chi connectivity index (χ0) is 27.4. The number of ether oxygens (including phenoxy) is 1. The number of hydrogen-bond donors (Lipinski definition) is 2. The minimum atomic E-state index is -5.08. The Bertz CT molecular complexity index is 876. The molecule has 208 valence electrons.